The van der Waals surface area contributed by atoms with Gasteiger partial charge in [-0.25, -0.2) is 14.1 Å². The third-order valence-electron chi connectivity index (χ3n) is 2.91. The molecule has 0 spiro atoms. The molecular weight excluding hydrogens is 316 g/mol. The first-order chi connectivity index (χ1) is 10.1. The molecule has 0 fully saturated rings. The quantitative estimate of drug-likeness (QED) is 0.731. The van der Waals surface area contributed by atoms with Crippen molar-refractivity contribution in [3.8, 4) is 16.9 Å². The van der Waals surface area contributed by atoms with Gasteiger partial charge in [-0.1, -0.05) is 41.4 Å². The number of halogens is 3. The SMILES string of the molecule is O=c1cc(-c2cc(F)c(Cl)nc2Cl)[nH]n1-c1ccccc1. The van der Waals surface area contributed by atoms with Gasteiger partial charge in [0.1, 0.15) is 5.15 Å². The van der Waals surface area contributed by atoms with Crippen LogP contribution in [0.1, 0.15) is 0 Å². The van der Waals surface area contributed by atoms with Crippen LogP contribution in [-0.2, 0) is 0 Å². The molecule has 106 valence electrons. The number of benzene rings is 1. The summed E-state index contributed by atoms with van der Waals surface area (Å²) in [5, 5.41) is 2.58. The summed E-state index contributed by atoms with van der Waals surface area (Å²) in [5.41, 5.74) is 0.997. The van der Waals surface area contributed by atoms with E-state index in [-0.39, 0.29) is 21.4 Å². The summed E-state index contributed by atoms with van der Waals surface area (Å²) in [5.74, 6) is -0.704. The molecule has 0 saturated heterocycles. The first-order valence-corrected chi connectivity index (χ1v) is 6.71. The zero-order chi connectivity index (χ0) is 15.0. The molecule has 1 aromatic carbocycles. The molecule has 0 aliphatic heterocycles. The smallest absolute Gasteiger partial charge is 0.271 e. The van der Waals surface area contributed by atoms with Crippen LogP contribution in [0.15, 0.2) is 47.3 Å². The van der Waals surface area contributed by atoms with Gasteiger partial charge in [-0.15, -0.1) is 0 Å². The Morgan fingerprint density at radius 2 is 1.81 bits per heavy atom. The lowest BCUT2D eigenvalue weighted by Crippen LogP contribution is -2.12. The van der Waals surface area contributed by atoms with Gasteiger partial charge >= 0.3 is 0 Å². The maximum Gasteiger partial charge on any atom is 0.271 e. The monoisotopic (exact) mass is 323 g/mol. The fourth-order valence-corrected chi connectivity index (χ4v) is 2.36. The van der Waals surface area contributed by atoms with Crippen molar-refractivity contribution in [1.29, 1.82) is 0 Å². The number of rotatable bonds is 2. The van der Waals surface area contributed by atoms with Crippen LogP contribution >= 0.6 is 23.2 Å². The molecule has 2 aromatic heterocycles. The predicted molar refractivity (Wildman–Crippen MR) is 79.6 cm³/mol. The van der Waals surface area contributed by atoms with E-state index in [4.69, 9.17) is 23.2 Å². The Hall–Kier alpha value is -2.11. The van der Waals surface area contributed by atoms with E-state index in [2.05, 4.69) is 10.1 Å². The molecular formula is C14H8Cl2FN3O. The summed E-state index contributed by atoms with van der Waals surface area (Å²) in [4.78, 5) is 15.7. The van der Waals surface area contributed by atoms with E-state index >= 15 is 0 Å². The molecule has 0 amide bonds. The van der Waals surface area contributed by atoms with Crippen LogP contribution in [0.3, 0.4) is 0 Å². The molecule has 7 heteroatoms. The van der Waals surface area contributed by atoms with E-state index in [1.165, 1.54) is 10.7 Å². The van der Waals surface area contributed by atoms with Crippen LogP contribution in [0.25, 0.3) is 16.9 Å². The minimum Gasteiger partial charge on any atom is -0.290 e. The molecule has 0 saturated carbocycles. The molecule has 3 aromatic rings. The number of pyridine rings is 1. The van der Waals surface area contributed by atoms with E-state index in [0.29, 0.717) is 11.4 Å². The van der Waals surface area contributed by atoms with E-state index in [1.807, 2.05) is 6.07 Å². The molecule has 4 nitrogen and oxygen atoms in total. The highest BCUT2D eigenvalue weighted by atomic mass is 35.5. The number of aromatic amines is 1. The molecule has 21 heavy (non-hydrogen) atoms. The normalized spacial score (nSPS) is 10.8. The van der Waals surface area contributed by atoms with Crippen LogP contribution in [-0.4, -0.2) is 14.8 Å². The lowest BCUT2D eigenvalue weighted by atomic mass is 10.2. The predicted octanol–water partition coefficient (Wildman–Crippen LogP) is 3.67. The molecule has 0 radical (unpaired) electrons. The summed E-state index contributed by atoms with van der Waals surface area (Å²) < 4.78 is 14.9. The minimum absolute atomic E-state index is 0.0165. The Balaban J connectivity index is 2.14. The topological polar surface area (TPSA) is 50.7 Å². The standard InChI is InChI=1S/C14H8Cl2FN3O/c15-13-9(6-10(17)14(16)18-13)11-7-12(21)20(19-11)8-4-2-1-3-5-8/h1-7,19H. The van der Waals surface area contributed by atoms with Gasteiger partial charge in [-0.05, 0) is 18.2 Å². The van der Waals surface area contributed by atoms with E-state index in [1.54, 1.807) is 24.3 Å². The summed E-state index contributed by atoms with van der Waals surface area (Å²) in [7, 11) is 0. The van der Waals surface area contributed by atoms with Gasteiger partial charge in [-0.3, -0.25) is 9.89 Å². The second-order valence-corrected chi connectivity index (χ2v) is 4.99. The van der Waals surface area contributed by atoms with Crippen molar-refractivity contribution in [3.63, 3.8) is 0 Å². The molecule has 1 N–H and O–H groups in total. The Morgan fingerprint density at radius 3 is 2.52 bits per heavy atom. The number of nitrogens with one attached hydrogen (secondary N) is 1. The summed E-state index contributed by atoms with van der Waals surface area (Å²) in [6.07, 6.45) is 0. The zero-order valence-corrected chi connectivity index (χ0v) is 12.0. The second-order valence-electron chi connectivity index (χ2n) is 4.28. The van der Waals surface area contributed by atoms with E-state index < -0.39 is 5.82 Å². The third-order valence-corrected chi connectivity index (χ3v) is 3.46. The largest absolute Gasteiger partial charge is 0.290 e. The molecule has 0 unspecified atom stereocenters. The van der Waals surface area contributed by atoms with Gasteiger partial charge in [0, 0.05) is 11.6 Å². The van der Waals surface area contributed by atoms with Crippen LogP contribution in [0, 0.1) is 5.82 Å². The third kappa shape index (κ3) is 2.57. The number of hydrogen-bond donors (Lipinski definition) is 1. The first kappa shape index (κ1) is 13.9. The number of H-pyrrole nitrogens is 1. The maximum absolute atomic E-state index is 13.5. The van der Waals surface area contributed by atoms with Crippen LogP contribution in [0.4, 0.5) is 4.39 Å². The summed E-state index contributed by atoms with van der Waals surface area (Å²) in [6, 6.07) is 11.4. The average molecular weight is 324 g/mol. The Kier molecular flexibility index (Phi) is 3.53. The van der Waals surface area contributed by atoms with Crippen LogP contribution in [0.5, 0.6) is 0 Å². The van der Waals surface area contributed by atoms with Gasteiger partial charge < -0.3 is 0 Å². The molecule has 0 bridgehead atoms. The van der Waals surface area contributed by atoms with Crippen LogP contribution < -0.4 is 5.56 Å². The highest BCUT2D eigenvalue weighted by molar-refractivity contribution is 6.34. The fourth-order valence-electron chi connectivity index (χ4n) is 1.94. The maximum atomic E-state index is 13.5. The van der Waals surface area contributed by atoms with Crippen molar-refractivity contribution in [2.45, 2.75) is 0 Å². The fraction of sp³-hybridized carbons (Fsp3) is 0. The Morgan fingerprint density at radius 1 is 1.10 bits per heavy atom. The van der Waals surface area contributed by atoms with Crippen molar-refractivity contribution >= 4 is 23.2 Å². The highest BCUT2D eigenvalue weighted by Gasteiger charge is 2.14. The molecule has 0 atom stereocenters. The molecule has 0 aliphatic carbocycles. The second kappa shape index (κ2) is 5.35. The van der Waals surface area contributed by atoms with Gasteiger partial charge in [-0.2, -0.15) is 0 Å². The Labute approximate surface area is 128 Å². The van der Waals surface area contributed by atoms with Gasteiger partial charge in [0.05, 0.1) is 11.4 Å². The number of aromatic nitrogens is 3. The minimum atomic E-state index is -0.704. The van der Waals surface area contributed by atoms with E-state index in [0.717, 1.165) is 6.07 Å². The van der Waals surface area contributed by atoms with Gasteiger partial charge in [0.15, 0.2) is 11.0 Å². The highest BCUT2D eigenvalue weighted by Crippen LogP contribution is 2.28. The lowest BCUT2D eigenvalue weighted by Gasteiger charge is -2.04. The van der Waals surface area contributed by atoms with Crippen molar-refractivity contribution in [2.24, 2.45) is 0 Å². The molecule has 0 aliphatic rings. The molecule has 3 rings (SSSR count). The van der Waals surface area contributed by atoms with Crippen molar-refractivity contribution in [2.75, 3.05) is 0 Å². The van der Waals surface area contributed by atoms with Crippen molar-refractivity contribution < 1.29 is 4.39 Å². The first-order valence-electron chi connectivity index (χ1n) is 5.95. The average Bonchev–Trinajstić information content (AvgIpc) is 2.85. The number of para-hydroxylation sites is 1. The Bertz CT molecular complexity index is 858. The van der Waals surface area contributed by atoms with Gasteiger partial charge in [0.25, 0.3) is 5.56 Å². The van der Waals surface area contributed by atoms with E-state index in [9.17, 15) is 9.18 Å². The molecule has 2 heterocycles. The number of nitrogens with zero attached hydrogens (tertiary/aromatic N) is 2. The summed E-state index contributed by atoms with van der Waals surface area (Å²) in [6.45, 7) is 0. The van der Waals surface area contributed by atoms with Gasteiger partial charge in [0.2, 0.25) is 0 Å². The van der Waals surface area contributed by atoms with Crippen molar-refractivity contribution in [3.05, 3.63) is 68.9 Å². The lowest BCUT2D eigenvalue weighted by molar-refractivity contribution is 0.622. The van der Waals surface area contributed by atoms with Crippen LogP contribution in [0.2, 0.25) is 10.3 Å². The zero-order valence-electron chi connectivity index (χ0n) is 10.5. The summed E-state index contributed by atoms with van der Waals surface area (Å²) >= 11 is 11.5. The van der Waals surface area contributed by atoms with Crippen molar-refractivity contribution in [1.82, 2.24) is 14.8 Å². The number of hydrogen-bond acceptors (Lipinski definition) is 2.